The number of para-hydroxylation sites is 1. The highest BCUT2D eigenvalue weighted by Crippen LogP contribution is 2.26. The molecule has 1 aromatic rings. The number of ether oxygens (including phenoxy) is 2. The van der Waals surface area contributed by atoms with Gasteiger partial charge in [0.05, 0.1) is 12.6 Å². The lowest BCUT2D eigenvalue weighted by atomic mass is 10.2. The Morgan fingerprint density at radius 3 is 2.89 bits per heavy atom. The van der Waals surface area contributed by atoms with Gasteiger partial charge < -0.3 is 14.8 Å². The minimum Gasteiger partial charge on any atom is -0.485 e. The van der Waals surface area contributed by atoms with Crippen LogP contribution in [0.25, 0.3) is 0 Å². The molecule has 5 heteroatoms. The summed E-state index contributed by atoms with van der Waals surface area (Å²) < 4.78 is 24.2. The van der Waals surface area contributed by atoms with Gasteiger partial charge in [0.15, 0.2) is 17.7 Å². The zero-order valence-corrected chi connectivity index (χ0v) is 10.5. The Morgan fingerprint density at radius 2 is 2.16 bits per heavy atom. The number of halogens is 1. The zero-order valence-electron chi connectivity index (χ0n) is 10.5. The fourth-order valence-electron chi connectivity index (χ4n) is 2.41. The first-order chi connectivity index (χ1) is 9.24. The van der Waals surface area contributed by atoms with Crippen molar-refractivity contribution < 1.29 is 18.7 Å². The van der Waals surface area contributed by atoms with E-state index in [4.69, 9.17) is 9.47 Å². The van der Waals surface area contributed by atoms with E-state index in [-0.39, 0.29) is 35.7 Å². The molecule has 0 radical (unpaired) electrons. The first-order valence-corrected chi connectivity index (χ1v) is 6.57. The Labute approximate surface area is 110 Å². The van der Waals surface area contributed by atoms with E-state index in [9.17, 15) is 9.18 Å². The smallest absolute Gasteiger partial charge is 0.251 e. The van der Waals surface area contributed by atoms with Gasteiger partial charge in [0.25, 0.3) is 5.91 Å². The number of carbonyl (C=O) groups excluding carboxylic acids is 1. The normalized spacial score (nSPS) is 29.0. The van der Waals surface area contributed by atoms with Crippen molar-refractivity contribution in [1.29, 1.82) is 0 Å². The highest BCUT2D eigenvalue weighted by Gasteiger charge is 2.36. The average molecular weight is 265 g/mol. The molecule has 3 rings (SSSR count). The summed E-state index contributed by atoms with van der Waals surface area (Å²) in [7, 11) is 0. The Morgan fingerprint density at radius 1 is 1.37 bits per heavy atom. The van der Waals surface area contributed by atoms with Crippen LogP contribution in [0.3, 0.4) is 0 Å². The quantitative estimate of drug-likeness (QED) is 0.842. The van der Waals surface area contributed by atoms with Crippen LogP contribution in [0.2, 0.25) is 0 Å². The molecule has 1 amide bonds. The van der Waals surface area contributed by atoms with Crippen LogP contribution in [-0.2, 0) is 9.53 Å². The maximum absolute atomic E-state index is 13.5. The van der Waals surface area contributed by atoms with Gasteiger partial charge in [-0.3, -0.25) is 4.79 Å². The van der Waals surface area contributed by atoms with Crippen LogP contribution in [0, 0.1) is 5.82 Å². The van der Waals surface area contributed by atoms with Crippen molar-refractivity contribution in [2.45, 2.75) is 37.5 Å². The lowest BCUT2D eigenvalue weighted by molar-refractivity contribution is -0.123. The summed E-state index contributed by atoms with van der Waals surface area (Å²) in [6, 6.07) is 6.28. The van der Waals surface area contributed by atoms with Crippen LogP contribution in [0.5, 0.6) is 5.75 Å². The van der Waals surface area contributed by atoms with E-state index in [2.05, 4.69) is 5.32 Å². The third-order valence-electron chi connectivity index (χ3n) is 3.52. The Kier molecular flexibility index (Phi) is 3.38. The average Bonchev–Trinajstić information content (AvgIpc) is 3.17. The molecule has 0 aromatic heterocycles. The molecule has 1 saturated heterocycles. The van der Waals surface area contributed by atoms with Gasteiger partial charge in [-0.25, -0.2) is 4.39 Å². The molecule has 1 saturated carbocycles. The molecule has 3 atom stereocenters. The second kappa shape index (κ2) is 5.17. The van der Waals surface area contributed by atoms with E-state index in [1.807, 2.05) is 0 Å². The van der Waals surface area contributed by atoms with Gasteiger partial charge in [-0.1, -0.05) is 12.1 Å². The number of benzene rings is 1. The molecular weight excluding hydrogens is 249 g/mol. The standard InChI is InChI=1S/C14H16FNO3/c15-9-4-1-2-6-11(9)19-12-7-3-5-10(12)16-14(17)13-8-18-13/h1-2,4,6,10,12-13H,3,5,7-8H2,(H,16,17)/t10-,12+,13?/m0/s1. The summed E-state index contributed by atoms with van der Waals surface area (Å²) in [4.78, 5) is 11.7. The van der Waals surface area contributed by atoms with Crippen LogP contribution in [-0.4, -0.2) is 30.8 Å². The van der Waals surface area contributed by atoms with E-state index in [0.717, 1.165) is 19.3 Å². The van der Waals surface area contributed by atoms with Gasteiger partial charge in [0.2, 0.25) is 0 Å². The van der Waals surface area contributed by atoms with Crippen molar-refractivity contribution in [2.24, 2.45) is 0 Å². The Balaban J connectivity index is 1.62. The first-order valence-electron chi connectivity index (χ1n) is 6.57. The van der Waals surface area contributed by atoms with Gasteiger partial charge in [-0.2, -0.15) is 0 Å². The molecule has 1 heterocycles. The lowest BCUT2D eigenvalue weighted by Crippen LogP contribution is -2.44. The SMILES string of the molecule is O=C(N[C@H]1CCC[C@H]1Oc1ccccc1F)C1CO1. The molecule has 2 fully saturated rings. The van der Waals surface area contributed by atoms with Gasteiger partial charge >= 0.3 is 0 Å². The molecule has 1 aromatic carbocycles. The largest absolute Gasteiger partial charge is 0.485 e. The monoisotopic (exact) mass is 265 g/mol. The number of epoxide rings is 1. The molecule has 0 spiro atoms. The second-order valence-corrected chi connectivity index (χ2v) is 4.95. The molecular formula is C14H16FNO3. The van der Waals surface area contributed by atoms with E-state index < -0.39 is 0 Å². The topological polar surface area (TPSA) is 50.9 Å². The molecule has 1 N–H and O–H groups in total. The lowest BCUT2D eigenvalue weighted by Gasteiger charge is -2.22. The summed E-state index contributed by atoms with van der Waals surface area (Å²) in [6.45, 7) is 0.497. The molecule has 19 heavy (non-hydrogen) atoms. The summed E-state index contributed by atoms with van der Waals surface area (Å²) in [5.74, 6) is -0.213. The van der Waals surface area contributed by atoms with Crippen LogP contribution < -0.4 is 10.1 Å². The van der Waals surface area contributed by atoms with Crippen LogP contribution in [0.1, 0.15) is 19.3 Å². The predicted molar refractivity (Wildman–Crippen MR) is 66.3 cm³/mol. The summed E-state index contributed by atoms with van der Waals surface area (Å²) in [5, 5.41) is 2.92. The van der Waals surface area contributed by atoms with E-state index in [1.165, 1.54) is 6.07 Å². The van der Waals surface area contributed by atoms with Crippen molar-refractivity contribution in [3.8, 4) is 5.75 Å². The number of nitrogens with one attached hydrogen (secondary N) is 1. The molecule has 1 unspecified atom stereocenters. The van der Waals surface area contributed by atoms with Crippen LogP contribution in [0.15, 0.2) is 24.3 Å². The number of hydrogen-bond donors (Lipinski definition) is 1. The molecule has 1 aliphatic heterocycles. The predicted octanol–water partition coefficient (Wildman–Crippen LogP) is 1.64. The van der Waals surface area contributed by atoms with E-state index in [1.54, 1.807) is 18.2 Å². The van der Waals surface area contributed by atoms with Crippen LogP contribution in [0.4, 0.5) is 4.39 Å². The fourth-order valence-corrected chi connectivity index (χ4v) is 2.41. The van der Waals surface area contributed by atoms with Gasteiger partial charge in [0.1, 0.15) is 6.10 Å². The minimum absolute atomic E-state index is 0.0590. The van der Waals surface area contributed by atoms with Gasteiger partial charge in [0, 0.05) is 0 Å². The van der Waals surface area contributed by atoms with Crippen molar-refractivity contribution >= 4 is 5.91 Å². The fraction of sp³-hybridized carbons (Fsp3) is 0.500. The highest BCUT2D eigenvalue weighted by atomic mass is 19.1. The molecule has 1 aliphatic carbocycles. The van der Waals surface area contributed by atoms with Crippen molar-refractivity contribution in [2.75, 3.05) is 6.61 Å². The Bertz CT molecular complexity index is 476. The third kappa shape index (κ3) is 2.87. The number of amides is 1. The van der Waals surface area contributed by atoms with E-state index >= 15 is 0 Å². The molecule has 102 valence electrons. The molecule has 0 bridgehead atoms. The Hall–Kier alpha value is -1.62. The molecule has 2 aliphatic rings. The van der Waals surface area contributed by atoms with Gasteiger partial charge in [-0.05, 0) is 31.4 Å². The van der Waals surface area contributed by atoms with Crippen molar-refractivity contribution in [3.63, 3.8) is 0 Å². The third-order valence-corrected chi connectivity index (χ3v) is 3.52. The maximum atomic E-state index is 13.5. The maximum Gasteiger partial charge on any atom is 0.251 e. The zero-order chi connectivity index (χ0) is 13.2. The first kappa shape index (κ1) is 12.4. The highest BCUT2D eigenvalue weighted by molar-refractivity contribution is 5.83. The summed E-state index contributed by atoms with van der Waals surface area (Å²) in [6.07, 6.45) is 2.19. The number of hydrogen-bond acceptors (Lipinski definition) is 3. The number of carbonyl (C=O) groups is 1. The molecule has 4 nitrogen and oxygen atoms in total. The van der Waals surface area contributed by atoms with Crippen molar-refractivity contribution in [1.82, 2.24) is 5.32 Å². The van der Waals surface area contributed by atoms with Crippen molar-refractivity contribution in [3.05, 3.63) is 30.1 Å². The van der Waals surface area contributed by atoms with Gasteiger partial charge in [-0.15, -0.1) is 0 Å². The van der Waals surface area contributed by atoms with Crippen LogP contribution >= 0.6 is 0 Å². The summed E-state index contributed by atoms with van der Waals surface area (Å²) >= 11 is 0. The minimum atomic E-state index is -0.370. The summed E-state index contributed by atoms with van der Waals surface area (Å²) in [5.41, 5.74) is 0. The van der Waals surface area contributed by atoms with E-state index in [0.29, 0.717) is 6.61 Å². The second-order valence-electron chi connectivity index (χ2n) is 4.95. The number of rotatable bonds is 4.